The molecular formula is C10H16N4O2S. The molecule has 1 unspecified atom stereocenters. The number of oxime groups is 1. The Balaban J connectivity index is 2.81. The van der Waals surface area contributed by atoms with E-state index < -0.39 is 6.04 Å². The predicted octanol–water partition coefficient (Wildman–Crippen LogP) is 1.01. The molecule has 6 nitrogen and oxygen atoms in total. The molecule has 0 fully saturated rings. The second kappa shape index (κ2) is 5.62. The number of thiazole rings is 1. The van der Waals surface area contributed by atoms with E-state index in [9.17, 15) is 4.79 Å². The average molecular weight is 256 g/mol. The summed E-state index contributed by atoms with van der Waals surface area (Å²) in [6.45, 7) is 5.46. The highest BCUT2D eigenvalue weighted by molar-refractivity contribution is 7.13. The Kier molecular flexibility index (Phi) is 4.45. The van der Waals surface area contributed by atoms with Crippen LogP contribution in [-0.4, -0.2) is 28.0 Å². The smallest absolute Gasteiger partial charge is 0.263 e. The Hall–Kier alpha value is -1.63. The van der Waals surface area contributed by atoms with Crippen molar-refractivity contribution >= 4 is 23.1 Å². The van der Waals surface area contributed by atoms with Gasteiger partial charge >= 0.3 is 0 Å². The molecule has 1 rings (SSSR count). The first-order valence-corrected chi connectivity index (χ1v) is 6.03. The lowest BCUT2D eigenvalue weighted by atomic mass is 10.2. The molecule has 0 radical (unpaired) electrons. The maximum Gasteiger partial charge on any atom is 0.263 e. The van der Waals surface area contributed by atoms with Gasteiger partial charge < -0.3 is 16.3 Å². The zero-order valence-corrected chi connectivity index (χ0v) is 10.8. The number of amides is 1. The molecule has 0 aromatic carbocycles. The molecule has 0 aliphatic rings. The molecule has 1 aromatic heterocycles. The number of nitrogens with two attached hydrogens (primary N) is 1. The summed E-state index contributed by atoms with van der Waals surface area (Å²) < 4.78 is 0. The fourth-order valence-electron chi connectivity index (χ4n) is 1.42. The zero-order chi connectivity index (χ0) is 13.0. The van der Waals surface area contributed by atoms with Crippen LogP contribution in [0.25, 0.3) is 0 Å². The van der Waals surface area contributed by atoms with E-state index in [1.54, 1.807) is 6.92 Å². The molecule has 0 spiro atoms. The van der Waals surface area contributed by atoms with E-state index >= 15 is 0 Å². The molecule has 0 aliphatic heterocycles. The van der Waals surface area contributed by atoms with Gasteiger partial charge in [-0.05, 0) is 20.3 Å². The van der Waals surface area contributed by atoms with Gasteiger partial charge in [0.05, 0.1) is 16.7 Å². The Bertz CT molecular complexity index is 442. The van der Waals surface area contributed by atoms with Crippen LogP contribution in [0.1, 0.15) is 33.7 Å². The van der Waals surface area contributed by atoms with Gasteiger partial charge in [-0.15, -0.1) is 11.3 Å². The molecule has 0 bridgehead atoms. The third-order valence-electron chi connectivity index (χ3n) is 2.30. The van der Waals surface area contributed by atoms with Crippen molar-refractivity contribution in [3.05, 3.63) is 15.6 Å². The second-order valence-electron chi connectivity index (χ2n) is 3.61. The van der Waals surface area contributed by atoms with Crippen LogP contribution in [0.4, 0.5) is 0 Å². The van der Waals surface area contributed by atoms with Gasteiger partial charge in [-0.3, -0.25) is 4.79 Å². The van der Waals surface area contributed by atoms with Gasteiger partial charge in [-0.2, -0.15) is 0 Å². The molecule has 17 heavy (non-hydrogen) atoms. The summed E-state index contributed by atoms with van der Waals surface area (Å²) in [5.74, 6) is -0.244. The number of amidine groups is 1. The highest BCUT2D eigenvalue weighted by Gasteiger charge is 2.19. The fraction of sp³-hybridized carbons (Fsp3) is 0.500. The molecule has 0 saturated heterocycles. The van der Waals surface area contributed by atoms with Crippen molar-refractivity contribution in [2.75, 3.05) is 0 Å². The van der Waals surface area contributed by atoms with Crippen LogP contribution < -0.4 is 11.1 Å². The van der Waals surface area contributed by atoms with Crippen molar-refractivity contribution < 1.29 is 10.0 Å². The van der Waals surface area contributed by atoms with Crippen LogP contribution in [-0.2, 0) is 0 Å². The first-order chi connectivity index (χ1) is 7.99. The van der Waals surface area contributed by atoms with Gasteiger partial charge in [0.15, 0.2) is 5.84 Å². The summed E-state index contributed by atoms with van der Waals surface area (Å²) >= 11 is 1.33. The molecule has 94 valence electrons. The number of hydrogen-bond donors (Lipinski definition) is 3. The monoisotopic (exact) mass is 256 g/mol. The Morgan fingerprint density at radius 2 is 2.29 bits per heavy atom. The van der Waals surface area contributed by atoms with Gasteiger partial charge in [0.1, 0.15) is 4.88 Å². The number of nitrogens with zero attached hydrogens (tertiary/aromatic N) is 2. The van der Waals surface area contributed by atoms with E-state index in [0.717, 1.165) is 5.01 Å². The van der Waals surface area contributed by atoms with E-state index in [2.05, 4.69) is 15.5 Å². The minimum absolute atomic E-state index is 0.000240. The number of carbonyl (C=O) groups is 1. The Labute approximate surface area is 104 Å². The van der Waals surface area contributed by atoms with Gasteiger partial charge in [0, 0.05) is 0 Å². The number of carbonyl (C=O) groups excluding carboxylic acids is 1. The zero-order valence-electron chi connectivity index (χ0n) is 10.0. The quantitative estimate of drug-likeness (QED) is 0.324. The predicted molar refractivity (Wildman–Crippen MR) is 66.5 cm³/mol. The van der Waals surface area contributed by atoms with Gasteiger partial charge in [0.2, 0.25) is 0 Å². The number of rotatable bonds is 4. The molecule has 0 saturated carbocycles. The minimum atomic E-state index is -0.464. The van der Waals surface area contributed by atoms with Gasteiger partial charge in [-0.1, -0.05) is 12.1 Å². The van der Waals surface area contributed by atoms with Gasteiger partial charge in [-0.25, -0.2) is 4.98 Å². The lowest BCUT2D eigenvalue weighted by Gasteiger charge is -2.14. The normalized spacial score (nSPS) is 13.5. The third kappa shape index (κ3) is 3.16. The topological polar surface area (TPSA) is 101 Å². The summed E-state index contributed by atoms with van der Waals surface area (Å²) in [5, 5.41) is 15.0. The van der Waals surface area contributed by atoms with E-state index in [1.165, 1.54) is 11.3 Å². The Morgan fingerprint density at radius 1 is 1.65 bits per heavy atom. The van der Waals surface area contributed by atoms with Crippen molar-refractivity contribution in [1.82, 2.24) is 10.3 Å². The largest absolute Gasteiger partial charge is 0.409 e. The van der Waals surface area contributed by atoms with Crippen LogP contribution in [0.5, 0.6) is 0 Å². The standard InChI is InChI=1S/C10H16N4O2S/c1-4-7(9(11)14-16)13-10(15)8-5(2)12-6(3)17-8/h7,16H,4H2,1-3H3,(H2,11,14)(H,13,15). The fourth-order valence-corrected chi connectivity index (χ4v) is 2.24. The molecule has 0 aliphatic carbocycles. The summed E-state index contributed by atoms with van der Waals surface area (Å²) in [5.41, 5.74) is 6.16. The van der Waals surface area contributed by atoms with Crippen molar-refractivity contribution in [3.8, 4) is 0 Å². The lowest BCUT2D eigenvalue weighted by Crippen LogP contribution is -2.44. The minimum Gasteiger partial charge on any atom is -0.409 e. The molecule has 1 aromatic rings. The summed E-state index contributed by atoms with van der Waals surface area (Å²) in [6.07, 6.45) is 0.554. The van der Waals surface area contributed by atoms with Crippen LogP contribution in [0, 0.1) is 13.8 Å². The second-order valence-corrected chi connectivity index (χ2v) is 4.81. The molecule has 1 atom stereocenters. The van der Waals surface area contributed by atoms with Crippen LogP contribution in [0.15, 0.2) is 5.16 Å². The van der Waals surface area contributed by atoms with Crippen molar-refractivity contribution in [2.45, 2.75) is 33.2 Å². The van der Waals surface area contributed by atoms with Crippen molar-refractivity contribution in [3.63, 3.8) is 0 Å². The summed E-state index contributed by atoms with van der Waals surface area (Å²) in [4.78, 5) is 16.7. The van der Waals surface area contributed by atoms with E-state index in [1.807, 2.05) is 13.8 Å². The van der Waals surface area contributed by atoms with E-state index in [-0.39, 0.29) is 11.7 Å². The first kappa shape index (κ1) is 13.4. The maximum absolute atomic E-state index is 11.9. The molecular weight excluding hydrogens is 240 g/mol. The first-order valence-electron chi connectivity index (χ1n) is 5.21. The molecule has 4 N–H and O–H groups in total. The van der Waals surface area contributed by atoms with Crippen LogP contribution in [0.2, 0.25) is 0 Å². The third-order valence-corrected chi connectivity index (χ3v) is 3.37. The Morgan fingerprint density at radius 3 is 2.71 bits per heavy atom. The maximum atomic E-state index is 11.9. The SMILES string of the molecule is CCC(NC(=O)c1sc(C)nc1C)C(N)=NO. The molecule has 1 amide bonds. The van der Waals surface area contributed by atoms with Crippen LogP contribution >= 0.6 is 11.3 Å². The molecule has 7 heteroatoms. The molecule has 1 heterocycles. The number of hydrogen-bond acceptors (Lipinski definition) is 5. The summed E-state index contributed by atoms with van der Waals surface area (Å²) in [6, 6.07) is -0.464. The van der Waals surface area contributed by atoms with Crippen molar-refractivity contribution in [2.24, 2.45) is 10.9 Å². The number of nitrogens with one attached hydrogen (secondary N) is 1. The van der Waals surface area contributed by atoms with Gasteiger partial charge in [0.25, 0.3) is 5.91 Å². The van der Waals surface area contributed by atoms with E-state index in [4.69, 9.17) is 10.9 Å². The highest BCUT2D eigenvalue weighted by atomic mass is 32.1. The van der Waals surface area contributed by atoms with E-state index in [0.29, 0.717) is 17.0 Å². The highest BCUT2D eigenvalue weighted by Crippen LogP contribution is 2.17. The summed E-state index contributed by atoms with van der Waals surface area (Å²) in [7, 11) is 0. The number of aromatic nitrogens is 1. The average Bonchev–Trinajstić information content (AvgIpc) is 2.64. The lowest BCUT2D eigenvalue weighted by molar-refractivity contribution is 0.0949. The van der Waals surface area contributed by atoms with Crippen molar-refractivity contribution in [1.29, 1.82) is 0 Å². The van der Waals surface area contributed by atoms with Crippen LogP contribution in [0.3, 0.4) is 0 Å². The number of aryl methyl sites for hydroxylation is 2.